The van der Waals surface area contributed by atoms with Gasteiger partial charge in [0.1, 0.15) is 10.8 Å². The Balaban J connectivity index is 1.56. The van der Waals surface area contributed by atoms with Gasteiger partial charge in [-0.15, -0.1) is 0 Å². The summed E-state index contributed by atoms with van der Waals surface area (Å²) < 4.78 is 12.7. The van der Waals surface area contributed by atoms with Gasteiger partial charge in [0, 0.05) is 23.8 Å². The van der Waals surface area contributed by atoms with Crippen LogP contribution in [0.5, 0.6) is 11.6 Å². The maximum Gasteiger partial charge on any atom is 0.257 e. The molecule has 0 saturated heterocycles. The lowest BCUT2D eigenvalue weighted by Gasteiger charge is -2.30. The van der Waals surface area contributed by atoms with E-state index in [2.05, 4.69) is 35.0 Å². The SMILES string of the molecule is COc1cc2nn([C@H]3CC[C@H](C(C)C)CC3)cc2cc1NC(=O)c1cnc(OC)c(Cl)c1. The standard InChI is InChI=1S/C24H29ClN4O3/c1-14(2)15-5-7-18(8-6-15)29-13-17-10-21(22(31-3)11-20(17)28-29)27-23(30)16-9-19(25)24(32-4)26-12-16/h9-15,18H,5-8H2,1-4H3,(H,27,30)/t15-,18-. The van der Waals surface area contributed by atoms with E-state index in [1.165, 1.54) is 32.2 Å². The molecule has 0 spiro atoms. The number of hydrogen-bond acceptors (Lipinski definition) is 5. The molecule has 1 amide bonds. The van der Waals surface area contributed by atoms with Crippen LogP contribution in [0.15, 0.2) is 30.6 Å². The van der Waals surface area contributed by atoms with Crippen molar-refractivity contribution < 1.29 is 14.3 Å². The molecule has 32 heavy (non-hydrogen) atoms. The molecule has 0 bridgehead atoms. The van der Waals surface area contributed by atoms with Crippen LogP contribution in [0.3, 0.4) is 0 Å². The van der Waals surface area contributed by atoms with E-state index in [0.717, 1.165) is 35.6 Å². The number of nitrogens with zero attached hydrogens (tertiary/aromatic N) is 3. The van der Waals surface area contributed by atoms with Crippen molar-refractivity contribution in [2.24, 2.45) is 11.8 Å². The zero-order valence-corrected chi connectivity index (χ0v) is 19.6. The van der Waals surface area contributed by atoms with Gasteiger partial charge in [-0.3, -0.25) is 9.48 Å². The molecule has 0 radical (unpaired) electrons. The van der Waals surface area contributed by atoms with E-state index in [4.69, 9.17) is 26.2 Å². The highest BCUT2D eigenvalue weighted by atomic mass is 35.5. The monoisotopic (exact) mass is 456 g/mol. The van der Waals surface area contributed by atoms with Crippen molar-refractivity contribution in [3.05, 3.63) is 41.2 Å². The number of amides is 1. The number of fused-ring (bicyclic) bond motifs is 1. The van der Waals surface area contributed by atoms with E-state index >= 15 is 0 Å². The van der Waals surface area contributed by atoms with Gasteiger partial charge in [0.05, 0.1) is 37.0 Å². The van der Waals surface area contributed by atoms with Gasteiger partial charge in [-0.1, -0.05) is 25.4 Å². The third-order valence-corrected chi connectivity index (χ3v) is 6.68. The Hall–Kier alpha value is -2.80. The lowest BCUT2D eigenvalue weighted by molar-refractivity contribution is 0.102. The highest BCUT2D eigenvalue weighted by molar-refractivity contribution is 6.32. The highest BCUT2D eigenvalue weighted by Gasteiger charge is 2.25. The Morgan fingerprint density at radius 1 is 1.16 bits per heavy atom. The summed E-state index contributed by atoms with van der Waals surface area (Å²) in [6, 6.07) is 5.70. The number of benzene rings is 1. The van der Waals surface area contributed by atoms with Crippen molar-refractivity contribution >= 4 is 34.1 Å². The largest absolute Gasteiger partial charge is 0.494 e. The van der Waals surface area contributed by atoms with Crippen LogP contribution in [0.2, 0.25) is 5.02 Å². The summed E-state index contributed by atoms with van der Waals surface area (Å²) in [5.74, 6) is 2.03. The molecular formula is C24H29ClN4O3. The molecule has 8 heteroatoms. The van der Waals surface area contributed by atoms with Crippen LogP contribution in [-0.4, -0.2) is 34.9 Å². The van der Waals surface area contributed by atoms with E-state index in [-0.39, 0.29) is 16.8 Å². The number of aromatic nitrogens is 3. The Morgan fingerprint density at radius 2 is 1.91 bits per heavy atom. The van der Waals surface area contributed by atoms with Crippen LogP contribution in [0.25, 0.3) is 10.9 Å². The molecule has 7 nitrogen and oxygen atoms in total. The second kappa shape index (κ2) is 9.36. The maximum atomic E-state index is 12.8. The maximum absolute atomic E-state index is 12.8. The molecule has 1 fully saturated rings. The van der Waals surface area contributed by atoms with E-state index in [9.17, 15) is 4.79 Å². The first kappa shape index (κ1) is 22.4. The van der Waals surface area contributed by atoms with E-state index in [1.807, 2.05) is 12.1 Å². The third kappa shape index (κ3) is 4.53. The average molecular weight is 457 g/mol. The molecule has 2 aromatic heterocycles. The number of hydrogen-bond donors (Lipinski definition) is 1. The van der Waals surface area contributed by atoms with Gasteiger partial charge < -0.3 is 14.8 Å². The van der Waals surface area contributed by atoms with Crippen molar-refractivity contribution in [2.45, 2.75) is 45.6 Å². The number of pyridine rings is 1. The van der Waals surface area contributed by atoms with Crippen molar-refractivity contribution in [1.29, 1.82) is 0 Å². The van der Waals surface area contributed by atoms with Gasteiger partial charge in [-0.2, -0.15) is 5.10 Å². The lowest BCUT2D eigenvalue weighted by atomic mass is 9.80. The molecule has 2 heterocycles. The normalized spacial score (nSPS) is 18.7. The van der Waals surface area contributed by atoms with Crippen LogP contribution in [0.4, 0.5) is 5.69 Å². The van der Waals surface area contributed by atoms with Crippen molar-refractivity contribution in [1.82, 2.24) is 14.8 Å². The van der Waals surface area contributed by atoms with Crippen LogP contribution in [-0.2, 0) is 0 Å². The fraction of sp³-hybridized carbons (Fsp3) is 0.458. The quantitative estimate of drug-likeness (QED) is 0.511. The molecule has 1 N–H and O–H groups in total. The van der Waals surface area contributed by atoms with Gasteiger partial charge in [0.15, 0.2) is 0 Å². The second-order valence-electron chi connectivity index (χ2n) is 8.70. The minimum Gasteiger partial charge on any atom is -0.494 e. The minimum atomic E-state index is -0.334. The molecule has 3 aromatic rings. The van der Waals surface area contributed by atoms with E-state index in [0.29, 0.717) is 23.0 Å². The summed E-state index contributed by atoms with van der Waals surface area (Å²) in [5.41, 5.74) is 1.75. The minimum absolute atomic E-state index is 0.274. The van der Waals surface area contributed by atoms with Crippen LogP contribution < -0.4 is 14.8 Å². The number of rotatable bonds is 6. The summed E-state index contributed by atoms with van der Waals surface area (Å²) >= 11 is 6.11. The summed E-state index contributed by atoms with van der Waals surface area (Å²) in [4.78, 5) is 16.8. The Morgan fingerprint density at radius 3 is 2.53 bits per heavy atom. The average Bonchev–Trinajstić information content (AvgIpc) is 3.21. The van der Waals surface area contributed by atoms with Gasteiger partial charge in [-0.25, -0.2) is 4.98 Å². The number of anilines is 1. The van der Waals surface area contributed by atoms with Crippen LogP contribution in [0, 0.1) is 11.8 Å². The lowest BCUT2D eigenvalue weighted by Crippen LogP contribution is -2.21. The number of nitrogens with one attached hydrogen (secondary N) is 1. The van der Waals surface area contributed by atoms with Crippen LogP contribution in [0.1, 0.15) is 55.9 Å². The van der Waals surface area contributed by atoms with Gasteiger partial charge in [0.2, 0.25) is 5.88 Å². The van der Waals surface area contributed by atoms with Crippen molar-refractivity contribution in [2.75, 3.05) is 19.5 Å². The number of halogens is 1. The van der Waals surface area contributed by atoms with Gasteiger partial charge in [-0.05, 0) is 49.7 Å². The molecule has 1 saturated carbocycles. The number of ether oxygens (including phenoxy) is 2. The van der Waals surface area contributed by atoms with Crippen LogP contribution >= 0.6 is 11.6 Å². The fourth-order valence-electron chi connectivity index (χ4n) is 4.45. The molecule has 4 rings (SSSR count). The topological polar surface area (TPSA) is 78.3 Å². The fourth-order valence-corrected chi connectivity index (χ4v) is 4.70. The molecular weight excluding hydrogens is 428 g/mol. The molecule has 0 atom stereocenters. The molecule has 0 unspecified atom stereocenters. The highest BCUT2D eigenvalue weighted by Crippen LogP contribution is 2.37. The van der Waals surface area contributed by atoms with Gasteiger partial charge in [0.25, 0.3) is 5.91 Å². The predicted octanol–water partition coefficient (Wildman–Crippen LogP) is 5.74. The van der Waals surface area contributed by atoms with Gasteiger partial charge >= 0.3 is 0 Å². The molecule has 1 aliphatic carbocycles. The van der Waals surface area contributed by atoms with Crippen molar-refractivity contribution in [3.8, 4) is 11.6 Å². The first-order valence-electron chi connectivity index (χ1n) is 11.0. The summed E-state index contributed by atoms with van der Waals surface area (Å²) in [6.45, 7) is 4.62. The molecule has 170 valence electrons. The Kier molecular flexibility index (Phi) is 6.55. The van der Waals surface area contributed by atoms with Crippen molar-refractivity contribution in [3.63, 3.8) is 0 Å². The Labute approximate surface area is 193 Å². The molecule has 0 aliphatic heterocycles. The van der Waals surface area contributed by atoms with E-state index < -0.39 is 0 Å². The van der Waals surface area contributed by atoms with E-state index in [1.54, 1.807) is 7.11 Å². The zero-order chi connectivity index (χ0) is 22.8. The first-order chi connectivity index (χ1) is 15.4. The number of carbonyl (C=O) groups is 1. The third-order valence-electron chi connectivity index (χ3n) is 6.41. The number of carbonyl (C=O) groups excluding carboxylic acids is 1. The number of methoxy groups -OCH3 is 2. The second-order valence-corrected chi connectivity index (χ2v) is 9.11. The summed E-state index contributed by atoms with van der Waals surface area (Å²) in [5, 5.41) is 8.94. The Bertz CT molecular complexity index is 1120. The summed E-state index contributed by atoms with van der Waals surface area (Å²) in [6.07, 6.45) is 8.25. The summed E-state index contributed by atoms with van der Waals surface area (Å²) in [7, 11) is 3.05. The zero-order valence-electron chi connectivity index (χ0n) is 18.9. The predicted molar refractivity (Wildman–Crippen MR) is 126 cm³/mol. The molecule has 1 aliphatic rings. The first-order valence-corrected chi connectivity index (χ1v) is 11.3. The smallest absolute Gasteiger partial charge is 0.257 e. The molecule has 1 aromatic carbocycles.